The molecule has 0 aromatic heterocycles. The average Bonchev–Trinajstić information content (AvgIpc) is 2.24. The number of hydrogen-bond donors (Lipinski definition) is 0. The summed E-state index contributed by atoms with van der Waals surface area (Å²) in [5.74, 6) is 0.574. The van der Waals surface area contributed by atoms with E-state index in [1.807, 2.05) is 6.26 Å². The zero-order chi connectivity index (χ0) is 13.1. The molecule has 0 N–H and O–H groups in total. The molecule has 94 valence electrons. The maximum atomic E-state index is 12.4. The van der Waals surface area contributed by atoms with Gasteiger partial charge in [0.05, 0.1) is 5.56 Å². The second kappa shape index (κ2) is 5.58. The number of ketones is 1. The second-order valence-corrected chi connectivity index (χ2v) is 4.68. The molecule has 0 aliphatic heterocycles. The molecule has 1 nitrogen and oxygen atoms in total. The number of hydrogen-bond acceptors (Lipinski definition) is 2. The van der Waals surface area contributed by atoms with Crippen molar-refractivity contribution in [3.05, 3.63) is 34.9 Å². The number of alkyl halides is 3. The Bertz CT molecular complexity index is 413. The third kappa shape index (κ3) is 3.77. The monoisotopic (exact) mass is 262 g/mol. The molecule has 0 saturated carbocycles. The van der Waals surface area contributed by atoms with Crippen LogP contribution in [0.15, 0.2) is 18.2 Å². The summed E-state index contributed by atoms with van der Waals surface area (Å²) in [6.07, 6.45) is -2.12. The van der Waals surface area contributed by atoms with Crippen molar-refractivity contribution >= 4 is 17.5 Å². The van der Waals surface area contributed by atoms with E-state index in [0.29, 0.717) is 23.3 Å². The van der Waals surface area contributed by atoms with Crippen LogP contribution in [0.1, 0.15) is 27.9 Å². The van der Waals surface area contributed by atoms with Gasteiger partial charge in [0, 0.05) is 17.7 Å². The van der Waals surface area contributed by atoms with Crippen molar-refractivity contribution in [1.29, 1.82) is 0 Å². The molecule has 0 fully saturated rings. The van der Waals surface area contributed by atoms with Crippen LogP contribution in [-0.2, 0) is 6.18 Å². The molecule has 0 heterocycles. The molecule has 0 bridgehead atoms. The van der Waals surface area contributed by atoms with Gasteiger partial charge in [-0.05, 0) is 30.9 Å². The van der Waals surface area contributed by atoms with Gasteiger partial charge in [0.15, 0.2) is 5.78 Å². The molecule has 1 aromatic rings. The first-order valence-electron chi connectivity index (χ1n) is 5.06. The highest BCUT2D eigenvalue weighted by Crippen LogP contribution is 2.30. The summed E-state index contributed by atoms with van der Waals surface area (Å²) in [6.45, 7) is 1.53. The van der Waals surface area contributed by atoms with Crippen molar-refractivity contribution in [2.75, 3.05) is 12.0 Å². The number of aryl methyl sites for hydroxylation is 1. The Kier molecular flexibility index (Phi) is 4.62. The van der Waals surface area contributed by atoms with E-state index in [9.17, 15) is 18.0 Å². The van der Waals surface area contributed by atoms with Gasteiger partial charge in [0.1, 0.15) is 0 Å². The summed E-state index contributed by atoms with van der Waals surface area (Å²) in [6, 6.07) is 3.24. The van der Waals surface area contributed by atoms with Gasteiger partial charge >= 0.3 is 6.18 Å². The summed E-state index contributed by atoms with van der Waals surface area (Å²) in [5, 5.41) is 0. The van der Waals surface area contributed by atoms with Gasteiger partial charge in [0.25, 0.3) is 0 Å². The van der Waals surface area contributed by atoms with Crippen molar-refractivity contribution in [1.82, 2.24) is 0 Å². The Morgan fingerprint density at radius 1 is 1.35 bits per heavy atom. The lowest BCUT2D eigenvalue weighted by atomic mass is 10.0. The van der Waals surface area contributed by atoms with Gasteiger partial charge in [0.2, 0.25) is 0 Å². The van der Waals surface area contributed by atoms with Crippen LogP contribution in [0.2, 0.25) is 0 Å². The molecule has 0 aliphatic carbocycles. The quantitative estimate of drug-likeness (QED) is 0.764. The highest BCUT2D eigenvalue weighted by atomic mass is 32.2. The third-order valence-electron chi connectivity index (χ3n) is 2.39. The number of thioether (sulfide) groups is 1. The SMILES string of the molecule is CSCCC(=O)c1ccc(C(F)(F)F)cc1C. The zero-order valence-corrected chi connectivity index (χ0v) is 10.4. The molecule has 17 heavy (non-hydrogen) atoms. The van der Waals surface area contributed by atoms with E-state index in [0.717, 1.165) is 12.1 Å². The van der Waals surface area contributed by atoms with Crippen LogP contribution in [0, 0.1) is 6.92 Å². The van der Waals surface area contributed by atoms with Crippen molar-refractivity contribution < 1.29 is 18.0 Å². The minimum atomic E-state index is -4.36. The van der Waals surface area contributed by atoms with E-state index in [4.69, 9.17) is 0 Å². The number of rotatable bonds is 4. The maximum absolute atomic E-state index is 12.4. The molecule has 0 unspecified atom stereocenters. The topological polar surface area (TPSA) is 17.1 Å². The summed E-state index contributed by atoms with van der Waals surface area (Å²) >= 11 is 1.54. The van der Waals surface area contributed by atoms with E-state index in [-0.39, 0.29) is 5.78 Å². The lowest BCUT2D eigenvalue weighted by Gasteiger charge is -2.10. The standard InChI is InChI=1S/C12H13F3OS/c1-8-7-9(12(13,14)15)3-4-10(8)11(16)5-6-17-2/h3-4,7H,5-6H2,1-2H3. The van der Waals surface area contributed by atoms with E-state index in [1.165, 1.54) is 24.8 Å². The minimum Gasteiger partial charge on any atom is -0.294 e. The van der Waals surface area contributed by atoms with E-state index in [2.05, 4.69) is 0 Å². The minimum absolute atomic E-state index is 0.106. The molecular weight excluding hydrogens is 249 g/mol. The first kappa shape index (κ1) is 14.1. The molecule has 0 spiro atoms. The predicted octanol–water partition coefficient (Wildman–Crippen LogP) is 3.95. The first-order chi connectivity index (χ1) is 7.86. The summed E-state index contributed by atoms with van der Waals surface area (Å²) in [4.78, 5) is 11.7. The first-order valence-corrected chi connectivity index (χ1v) is 6.45. The second-order valence-electron chi connectivity index (χ2n) is 3.69. The Labute approximate surface area is 102 Å². The molecule has 0 saturated heterocycles. The van der Waals surface area contributed by atoms with E-state index < -0.39 is 11.7 Å². The van der Waals surface area contributed by atoms with Crippen LogP contribution in [0.25, 0.3) is 0 Å². The molecule has 0 amide bonds. The Balaban J connectivity index is 2.94. The number of carbonyl (C=O) groups excluding carboxylic acids is 1. The summed E-state index contributed by atoms with van der Waals surface area (Å²) in [5.41, 5.74) is 0.0504. The summed E-state index contributed by atoms with van der Waals surface area (Å²) in [7, 11) is 0. The maximum Gasteiger partial charge on any atom is 0.416 e. The van der Waals surface area contributed by atoms with Gasteiger partial charge in [-0.1, -0.05) is 6.07 Å². The third-order valence-corrected chi connectivity index (χ3v) is 3.00. The zero-order valence-electron chi connectivity index (χ0n) is 9.60. The number of Topliss-reactive ketones (excluding diaryl/α,β-unsaturated/α-hetero) is 1. The van der Waals surface area contributed by atoms with Crippen molar-refractivity contribution in [2.45, 2.75) is 19.5 Å². The molecule has 0 radical (unpaired) electrons. The van der Waals surface area contributed by atoms with E-state index >= 15 is 0 Å². The fraction of sp³-hybridized carbons (Fsp3) is 0.417. The van der Waals surface area contributed by atoms with Gasteiger partial charge in [-0.15, -0.1) is 0 Å². The molecule has 1 rings (SSSR count). The van der Waals surface area contributed by atoms with Crippen LogP contribution in [-0.4, -0.2) is 17.8 Å². The number of halogens is 3. The average molecular weight is 262 g/mol. The Morgan fingerprint density at radius 2 is 2.00 bits per heavy atom. The smallest absolute Gasteiger partial charge is 0.294 e. The molecule has 5 heteroatoms. The molecular formula is C12H13F3OS. The Hall–Kier alpha value is -0.970. The normalized spacial score (nSPS) is 11.6. The van der Waals surface area contributed by atoms with Crippen molar-refractivity contribution in [2.24, 2.45) is 0 Å². The lowest BCUT2D eigenvalue weighted by molar-refractivity contribution is -0.137. The summed E-state index contributed by atoms with van der Waals surface area (Å²) < 4.78 is 37.2. The van der Waals surface area contributed by atoms with Gasteiger partial charge < -0.3 is 0 Å². The van der Waals surface area contributed by atoms with Gasteiger partial charge in [-0.25, -0.2) is 0 Å². The largest absolute Gasteiger partial charge is 0.416 e. The van der Waals surface area contributed by atoms with Crippen LogP contribution in [0.4, 0.5) is 13.2 Å². The molecule has 0 aliphatic rings. The van der Waals surface area contributed by atoms with Crippen molar-refractivity contribution in [3.8, 4) is 0 Å². The highest BCUT2D eigenvalue weighted by Gasteiger charge is 2.30. The lowest BCUT2D eigenvalue weighted by Crippen LogP contribution is -2.08. The fourth-order valence-electron chi connectivity index (χ4n) is 1.48. The molecule has 0 atom stereocenters. The fourth-order valence-corrected chi connectivity index (χ4v) is 1.87. The highest BCUT2D eigenvalue weighted by molar-refractivity contribution is 7.98. The number of benzene rings is 1. The van der Waals surface area contributed by atoms with Gasteiger partial charge in [-0.2, -0.15) is 24.9 Å². The van der Waals surface area contributed by atoms with Crippen LogP contribution in [0.3, 0.4) is 0 Å². The van der Waals surface area contributed by atoms with Gasteiger partial charge in [-0.3, -0.25) is 4.79 Å². The van der Waals surface area contributed by atoms with Crippen molar-refractivity contribution in [3.63, 3.8) is 0 Å². The predicted molar refractivity (Wildman–Crippen MR) is 63.5 cm³/mol. The number of carbonyl (C=O) groups is 1. The Morgan fingerprint density at radius 3 is 2.47 bits per heavy atom. The van der Waals surface area contributed by atoms with E-state index in [1.54, 1.807) is 0 Å². The van der Waals surface area contributed by atoms with Crippen LogP contribution >= 0.6 is 11.8 Å². The van der Waals surface area contributed by atoms with Crippen LogP contribution < -0.4 is 0 Å². The van der Waals surface area contributed by atoms with Crippen LogP contribution in [0.5, 0.6) is 0 Å². The molecule has 1 aromatic carbocycles.